The second kappa shape index (κ2) is 5.51. The molecular formula is C11H12FNO4. The van der Waals surface area contributed by atoms with Gasteiger partial charge in [-0.2, -0.15) is 0 Å². The van der Waals surface area contributed by atoms with Gasteiger partial charge in [-0.05, 0) is 6.07 Å². The molecule has 0 heterocycles. The molecule has 1 aromatic carbocycles. The predicted octanol–water partition coefficient (Wildman–Crippen LogP) is -0.0921. The number of halogens is 1. The molecule has 2 atom stereocenters. The highest BCUT2D eigenvalue weighted by atomic mass is 19.1. The average molecular weight is 241 g/mol. The lowest BCUT2D eigenvalue weighted by molar-refractivity contribution is -0.121. The maximum atomic E-state index is 13.4. The molecule has 1 aromatic rings. The summed E-state index contributed by atoms with van der Waals surface area (Å²) >= 11 is 0. The molecule has 0 aliphatic carbocycles. The Morgan fingerprint density at radius 2 is 2.12 bits per heavy atom. The van der Waals surface area contributed by atoms with Gasteiger partial charge in [0.2, 0.25) is 5.91 Å². The molecule has 92 valence electrons. The van der Waals surface area contributed by atoms with Crippen molar-refractivity contribution in [3.8, 4) is 0 Å². The van der Waals surface area contributed by atoms with Crippen molar-refractivity contribution in [2.75, 3.05) is 0 Å². The highest BCUT2D eigenvalue weighted by Crippen LogP contribution is 2.22. The molecule has 17 heavy (non-hydrogen) atoms. The Morgan fingerprint density at radius 3 is 2.59 bits per heavy atom. The summed E-state index contributed by atoms with van der Waals surface area (Å²) in [5.74, 6) is -1.63. The molecule has 4 N–H and O–H groups in total. The van der Waals surface area contributed by atoms with Gasteiger partial charge < -0.3 is 15.9 Å². The molecule has 2 unspecified atom stereocenters. The van der Waals surface area contributed by atoms with Crippen molar-refractivity contribution in [1.82, 2.24) is 0 Å². The van der Waals surface area contributed by atoms with E-state index in [-0.39, 0.29) is 11.1 Å². The van der Waals surface area contributed by atoms with E-state index in [4.69, 9.17) is 5.73 Å². The Labute approximate surface area is 96.7 Å². The van der Waals surface area contributed by atoms with E-state index >= 15 is 0 Å². The first kappa shape index (κ1) is 13.3. The SMILES string of the molecule is NC(=O)CC(O)C(O)c1ccc(C=O)cc1F. The minimum Gasteiger partial charge on any atom is -0.390 e. The number of amides is 1. The number of hydrogen-bond donors (Lipinski definition) is 3. The number of carbonyl (C=O) groups is 2. The van der Waals surface area contributed by atoms with Crippen LogP contribution < -0.4 is 5.73 Å². The summed E-state index contributed by atoms with van der Waals surface area (Å²) in [7, 11) is 0. The molecule has 0 aliphatic heterocycles. The quantitative estimate of drug-likeness (QED) is 0.627. The van der Waals surface area contributed by atoms with Gasteiger partial charge in [-0.1, -0.05) is 12.1 Å². The molecule has 0 radical (unpaired) electrons. The van der Waals surface area contributed by atoms with E-state index in [9.17, 15) is 24.2 Å². The molecule has 0 spiro atoms. The second-order valence-electron chi connectivity index (χ2n) is 3.58. The van der Waals surface area contributed by atoms with Crippen LogP contribution in [0.4, 0.5) is 4.39 Å². The maximum absolute atomic E-state index is 13.4. The Hall–Kier alpha value is -1.79. The van der Waals surface area contributed by atoms with Crippen molar-refractivity contribution < 1.29 is 24.2 Å². The third kappa shape index (κ3) is 3.33. The van der Waals surface area contributed by atoms with Gasteiger partial charge in [0.25, 0.3) is 0 Å². The number of rotatable bonds is 5. The van der Waals surface area contributed by atoms with Crippen LogP contribution in [-0.4, -0.2) is 28.5 Å². The van der Waals surface area contributed by atoms with Gasteiger partial charge >= 0.3 is 0 Å². The van der Waals surface area contributed by atoms with E-state index < -0.39 is 30.4 Å². The fourth-order valence-electron chi connectivity index (χ4n) is 1.38. The largest absolute Gasteiger partial charge is 0.390 e. The normalized spacial score (nSPS) is 14.1. The van der Waals surface area contributed by atoms with E-state index in [0.29, 0.717) is 6.29 Å². The molecule has 5 nitrogen and oxygen atoms in total. The van der Waals surface area contributed by atoms with E-state index in [1.54, 1.807) is 0 Å². The van der Waals surface area contributed by atoms with Crippen molar-refractivity contribution in [2.45, 2.75) is 18.6 Å². The number of hydrogen-bond acceptors (Lipinski definition) is 4. The number of aldehydes is 1. The summed E-state index contributed by atoms with van der Waals surface area (Å²) in [6, 6.07) is 3.40. The van der Waals surface area contributed by atoms with Gasteiger partial charge in [-0.15, -0.1) is 0 Å². The molecule has 0 saturated carbocycles. The summed E-state index contributed by atoms with van der Waals surface area (Å²) in [5.41, 5.74) is 4.77. The number of aliphatic hydroxyl groups excluding tert-OH is 2. The fraction of sp³-hybridized carbons (Fsp3) is 0.273. The third-order valence-corrected chi connectivity index (χ3v) is 2.25. The molecule has 1 rings (SSSR count). The van der Waals surface area contributed by atoms with Crippen LogP contribution in [0.1, 0.15) is 28.4 Å². The number of benzene rings is 1. The van der Waals surface area contributed by atoms with Crippen LogP contribution in [0.3, 0.4) is 0 Å². The summed E-state index contributed by atoms with van der Waals surface area (Å²) in [6.07, 6.45) is -3.07. The first-order chi connectivity index (χ1) is 7.95. The van der Waals surface area contributed by atoms with Crippen LogP contribution in [-0.2, 0) is 4.79 Å². The lowest BCUT2D eigenvalue weighted by Gasteiger charge is -2.17. The number of aliphatic hydroxyl groups is 2. The van der Waals surface area contributed by atoms with Gasteiger partial charge in [-0.25, -0.2) is 4.39 Å². The first-order valence-corrected chi connectivity index (χ1v) is 4.84. The Kier molecular flexibility index (Phi) is 4.30. The Bertz CT molecular complexity index is 435. The van der Waals surface area contributed by atoms with Gasteiger partial charge in [0.1, 0.15) is 18.2 Å². The monoisotopic (exact) mass is 241 g/mol. The summed E-state index contributed by atoms with van der Waals surface area (Å²) in [5, 5.41) is 19.0. The second-order valence-corrected chi connectivity index (χ2v) is 3.58. The van der Waals surface area contributed by atoms with Crippen LogP contribution in [0.5, 0.6) is 0 Å². The number of nitrogens with two attached hydrogens (primary N) is 1. The van der Waals surface area contributed by atoms with Gasteiger partial charge in [0.15, 0.2) is 0 Å². The van der Waals surface area contributed by atoms with E-state index in [1.165, 1.54) is 12.1 Å². The van der Waals surface area contributed by atoms with Crippen molar-refractivity contribution in [1.29, 1.82) is 0 Å². The van der Waals surface area contributed by atoms with E-state index in [0.717, 1.165) is 6.07 Å². The summed E-state index contributed by atoms with van der Waals surface area (Å²) in [4.78, 5) is 20.9. The van der Waals surface area contributed by atoms with Crippen LogP contribution >= 0.6 is 0 Å². The van der Waals surface area contributed by atoms with Crippen molar-refractivity contribution in [3.05, 3.63) is 35.1 Å². The van der Waals surface area contributed by atoms with Crippen LogP contribution in [0.25, 0.3) is 0 Å². The van der Waals surface area contributed by atoms with Crippen molar-refractivity contribution in [3.63, 3.8) is 0 Å². The molecule has 1 amide bonds. The summed E-state index contributed by atoms with van der Waals surface area (Å²) in [6.45, 7) is 0. The van der Waals surface area contributed by atoms with Gasteiger partial charge in [0, 0.05) is 11.1 Å². The zero-order chi connectivity index (χ0) is 13.0. The van der Waals surface area contributed by atoms with Gasteiger partial charge in [0.05, 0.1) is 12.5 Å². The first-order valence-electron chi connectivity index (χ1n) is 4.84. The topological polar surface area (TPSA) is 101 Å². The minimum atomic E-state index is -1.57. The zero-order valence-corrected chi connectivity index (χ0v) is 8.84. The molecule has 0 aromatic heterocycles. The maximum Gasteiger partial charge on any atom is 0.220 e. The van der Waals surface area contributed by atoms with Crippen LogP contribution in [0.2, 0.25) is 0 Å². The van der Waals surface area contributed by atoms with Crippen LogP contribution in [0.15, 0.2) is 18.2 Å². The van der Waals surface area contributed by atoms with Crippen molar-refractivity contribution >= 4 is 12.2 Å². The molecule has 0 saturated heterocycles. The summed E-state index contributed by atoms with van der Waals surface area (Å²) < 4.78 is 13.4. The molecule has 0 bridgehead atoms. The Balaban J connectivity index is 2.92. The zero-order valence-electron chi connectivity index (χ0n) is 8.84. The average Bonchev–Trinajstić information content (AvgIpc) is 2.27. The van der Waals surface area contributed by atoms with Crippen molar-refractivity contribution in [2.24, 2.45) is 5.73 Å². The lowest BCUT2D eigenvalue weighted by atomic mass is 10.00. The smallest absolute Gasteiger partial charge is 0.220 e. The lowest BCUT2D eigenvalue weighted by Crippen LogP contribution is -2.26. The van der Waals surface area contributed by atoms with E-state index in [2.05, 4.69) is 0 Å². The predicted molar refractivity (Wildman–Crippen MR) is 56.6 cm³/mol. The standard InChI is InChI=1S/C11H12FNO4/c12-8-3-6(5-14)1-2-7(8)11(17)9(15)4-10(13)16/h1-3,5,9,11,15,17H,4H2,(H2,13,16). The van der Waals surface area contributed by atoms with Crippen LogP contribution in [0, 0.1) is 5.82 Å². The third-order valence-electron chi connectivity index (χ3n) is 2.25. The fourth-order valence-corrected chi connectivity index (χ4v) is 1.38. The molecule has 0 fully saturated rings. The highest BCUT2D eigenvalue weighted by Gasteiger charge is 2.23. The Morgan fingerprint density at radius 1 is 1.47 bits per heavy atom. The number of carbonyl (C=O) groups excluding carboxylic acids is 2. The molecular weight excluding hydrogens is 229 g/mol. The van der Waals surface area contributed by atoms with Gasteiger partial charge in [-0.3, -0.25) is 9.59 Å². The minimum absolute atomic E-state index is 0.114. The molecule has 0 aliphatic rings. The van der Waals surface area contributed by atoms with E-state index in [1.807, 2.05) is 0 Å². The number of primary amides is 1. The highest BCUT2D eigenvalue weighted by molar-refractivity contribution is 5.75. The molecule has 6 heteroatoms.